The third-order valence-corrected chi connectivity index (χ3v) is 5.77. The number of imide groups is 1. The van der Waals surface area contributed by atoms with Gasteiger partial charge >= 0.3 is 5.97 Å². The number of hydrogen-bond donors (Lipinski definition) is 1. The molecule has 0 bridgehead atoms. The van der Waals surface area contributed by atoms with Crippen LogP contribution in [0.3, 0.4) is 0 Å². The van der Waals surface area contributed by atoms with Crippen molar-refractivity contribution in [3.63, 3.8) is 0 Å². The fraction of sp³-hybridized carbons (Fsp3) is 0.500. The second-order valence-corrected chi connectivity index (χ2v) is 8.15. The minimum atomic E-state index is -1.07. The van der Waals surface area contributed by atoms with Crippen molar-refractivity contribution in [2.24, 2.45) is 11.8 Å². The standard InChI is InChI=1S/C22H27N3O6/c1-13(25-20(28)16-6-4-5-7-17(16)21(25)29)22(30)31-12-18(26)23-15-10-8-14(9-11-15)19(27)24(2)3/h8-11,13,16-17H,4-7,12H2,1-3H3,(H,23,26)/t13-,16?,17?/m0/s1. The number of ether oxygens (including phenoxy) is 1. The number of anilines is 1. The van der Waals surface area contributed by atoms with E-state index in [0.717, 1.165) is 17.7 Å². The van der Waals surface area contributed by atoms with Crippen LogP contribution in [0.1, 0.15) is 43.0 Å². The highest BCUT2D eigenvalue weighted by Crippen LogP contribution is 2.38. The van der Waals surface area contributed by atoms with E-state index in [1.165, 1.54) is 11.8 Å². The van der Waals surface area contributed by atoms with Crippen LogP contribution in [0.4, 0.5) is 5.69 Å². The zero-order valence-corrected chi connectivity index (χ0v) is 17.9. The lowest BCUT2D eigenvalue weighted by molar-refractivity contribution is -0.159. The number of amides is 4. The number of rotatable bonds is 6. The molecule has 166 valence electrons. The fourth-order valence-electron chi connectivity index (χ4n) is 4.08. The summed E-state index contributed by atoms with van der Waals surface area (Å²) in [7, 11) is 3.29. The summed E-state index contributed by atoms with van der Waals surface area (Å²) in [6.07, 6.45) is 3.12. The molecule has 31 heavy (non-hydrogen) atoms. The summed E-state index contributed by atoms with van der Waals surface area (Å²) in [6, 6.07) is 5.23. The van der Waals surface area contributed by atoms with Crippen LogP contribution in [0.5, 0.6) is 0 Å². The highest BCUT2D eigenvalue weighted by molar-refractivity contribution is 6.08. The highest BCUT2D eigenvalue weighted by Gasteiger charge is 2.51. The van der Waals surface area contributed by atoms with Crippen molar-refractivity contribution >= 4 is 35.3 Å². The zero-order chi connectivity index (χ0) is 22.7. The topological polar surface area (TPSA) is 113 Å². The summed E-state index contributed by atoms with van der Waals surface area (Å²) in [4.78, 5) is 64.0. The molecule has 9 nitrogen and oxygen atoms in total. The Labute approximate surface area is 180 Å². The molecule has 2 fully saturated rings. The zero-order valence-electron chi connectivity index (χ0n) is 17.9. The molecule has 1 heterocycles. The van der Waals surface area contributed by atoms with Crippen molar-refractivity contribution < 1.29 is 28.7 Å². The van der Waals surface area contributed by atoms with Gasteiger partial charge in [0.1, 0.15) is 6.04 Å². The molecule has 1 saturated carbocycles. The van der Waals surface area contributed by atoms with Gasteiger partial charge in [0.05, 0.1) is 11.8 Å². The number of nitrogens with zero attached hydrogens (tertiary/aromatic N) is 2. The van der Waals surface area contributed by atoms with Gasteiger partial charge in [-0.2, -0.15) is 0 Å². The van der Waals surface area contributed by atoms with Gasteiger partial charge in [-0.25, -0.2) is 4.79 Å². The molecule has 4 amide bonds. The predicted molar refractivity (Wildman–Crippen MR) is 111 cm³/mol. The van der Waals surface area contributed by atoms with E-state index < -0.39 is 24.5 Å². The van der Waals surface area contributed by atoms with Crippen LogP contribution in [0.2, 0.25) is 0 Å². The summed E-state index contributed by atoms with van der Waals surface area (Å²) in [5.41, 5.74) is 0.919. The molecule has 9 heteroatoms. The van der Waals surface area contributed by atoms with Gasteiger partial charge in [-0.15, -0.1) is 0 Å². The van der Waals surface area contributed by atoms with Gasteiger partial charge in [0, 0.05) is 25.3 Å². The molecule has 1 aromatic carbocycles. The first-order valence-corrected chi connectivity index (χ1v) is 10.4. The number of esters is 1. The number of nitrogens with one attached hydrogen (secondary N) is 1. The van der Waals surface area contributed by atoms with Crippen molar-refractivity contribution in [2.75, 3.05) is 26.0 Å². The lowest BCUT2D eigenvalue weighted by Crippen LogP contribution is -2.45. The van der Waals surface area contributed by atoms with Crippen LogP contribution in [-0.2, 0) is 23.9 Å². The Hall–Kier alpha value is -3.23. The van der Waals surface area contributed by atoms with E-state index in [1.807, 2.05) is 0 Å². The first kappa shape index (κ1) is 22.5. The Balaban J connectivity index is 1.52. The molecular weight excluding hydrogens is 402 g/mol. The first-order chi connectivity index (χ1) is 14.7. The molecule has 0 aromatic heterocycles. The molecule has 1 N–H and O–H groups in total. The Morgan fingerprint density at radius 3 is 2.13 bits per heavy atom. The number of fused-ring (bicyclic) bond motifs is 1. The van der Waals surface area contributed by atoms with E-state index in [0.29, 0.717) is 24.1 Å². The molecular formula is C22H27N3O6. The highest BCUT2D eigenvalue weighted by atomic mass is 16.5. The first-order valence-electron chi connectivity index (χ1n) is 10.4. The molecule has 2 aliphatic rings. The summed E-state index contributed by atoms with van der Waals surface area (Å²) in [6.45, 7) is 0.887. The van der Waals surface area contributed by atoms with Gasteiger partial charge in [-0.1, -0.05) is 12.8 Å². The van der Waals surface area contributed by atoms with Crippen LogP contribution in [0, 0.1) is 11.8 Å². The number of likely N-dealkylation sites (tertiary alicyclic amines) is 1. The lowest BCUT2D eigenvalue weighted by atomic mass is 9.81. The van der Waals surface area contributed by atoms with E-state index in [4.69, 9.17) is 4.74 Å². The summed E-state index contributed by atoms with van der Waals surface area (Å²) in [5, 5.41) is 2.57. The molecule has 3 rings (SSSR count). The predicted octanol–water partition coefficient (Wildman–Crippen LogP) is 1.43. The van der Waals surface area contributed by atoms with Gasteiger partial charge in [0.25, 0.3) is 11.8 Å². The minimum Gasteiger partial charge on any atom is -0.454 e. The largest absolute Gasteiger partial charge is 0.454 e. The van der Waals surface area contributed by atoms with Gasteiger partial charge < -0.3 is 15.0 Å². The number of carbonyl (C=O) groups excluding carboxylic acids is 5. The maximum absolute atomic E-state index is 12.6. The third-order valence-electron chi connectivity index (χ3n) is 5.77. The molecule has 1 aromatic rings. The average Bonchev–Trinajstić information content (AvgIpc) is 3.02. The normalized spacial score (nSPS) is 21.3. The molecule has 2 unspecified atom stereocenters. The van der Waals surface area contributed by atoms with Crippen LogP contribution in [0.25, 0.3) is 0 Å². The molecule has 3 atom stereocenters. The quantitative estimate of drug-likeness (QED) is 0.541. The number of hydrogen-bond acceptors (Lipinski definition) is 6. The SMILES string of the molecule is C[C@@H](C(=O)OCC(=O)Nc1ccc(C(=O)N(C)C)cc1)N1C(=O)C2CCCCC2C1=O. The maximum Gasteiger partial charge on any atom is 0.329 e. The van der Waals surface area contributed by atoms with Crippen LogP contribution in [0.15, 0.2) is 24.3 Å². The van der Waals surface area contributed by atoms with Crippen LogP contribution >= 0.6 is 0 Å². The lowest BCUT2D eigenvalue weighted by Gasteiger charge is -2.21. The Bertz CT molecular complexity index is 871. The average molecular weight is 429 g/mol. The molecule has 1 saturated heterocycles. The number of carbonyl (C=O) groups is 5. The molecule has 0 radical (unpaired) electrons. The smallest absolute Gasteiger partial charge is 0.329 e. The number of benzene rings is 1. The van der Waals surface area contributed by atoms with E-state index >= 15 is 0 Å². The molecule has 0 spiro atoms. The Morgan fingerprint density at radius 2 is 1.61 bits per heavy atom. The molecule has 1 aliphatic carbocycles. The summed E-state index contributed by atoms with van der Waals surface area (Å²) in [5.74, 6) is -2.87. The van der Waals surface area contributed by atoms with E-state index in [-0.39, 0.29) is 29.6 Å². The van der Waals surface area contributed by atoms with E-state index in [2.05, 4.69) is 5.32 Å². The van der Waals surface area contributed by atoms with Gasteiger partial charge in [0.15, 0.2) is 6.61 Å². The van der Waals surface area contributed by atoms with Crippen molar-refractivity contribution in [2.45, 2.75) is 38.6 Å². The second-order valence-electron chi connectivity index (χ2n) is 8.15. The van der Waals surface area contributed by atoms with E-state index in [9.17, 15) is 24.0 Å². The van der Waals surface area contributed by atoms with Crippen molar-refractivity contribution in [1.82, 2.24) is 9.80 Å². The Morgan fingerprint density at radius 1 is 1.06 bits per heavy atom. The van der Waals surface area contributed by atoms with Crippen LogP contribution in [-0.4, -0.2) is 66.1 Å². The minimum absolute atomic E-state index is 0.161. The van der Waals surface area contributed by atoms with Gasteiger partial charge in [-0.05, 0) is 44.0 Å². The van der Waals surface area contributed by atoms with Gasteiger partial charge in [-0.3, -0.25) is 24.1 Å². The summed E-state index contributed by atoms with van der Waals surface area (Å²) < 4.78 is 5.04. The van der Waals surface area contributed by atoms with Crippen molar-refractivity contribution in [3.8, 4) is 0 Å². The monoisotopic (exact) mass is 429 g/mol. The van der Waals surface area contributed by atoms with Gasteiger partial charge in [0.2, 0.25) is 11.8 Å². The fourth-order valence-corrected chi connectivity index (χ4v) is 4.08. The maximum atomic E-state index is 12.6. The van der Waals surface area contributed by atoms with Crippen LogP contribution < -0.4 is 5.32 Å². The van der Waals surface area contributed by atoms with Crippen molar-refractivity contribution in [1.29, 1.82) is 0 Å². The second kappa shape index (κ2) is 9.28. The van der Waals surface area contributed by atoms with E-state index in [1.54, 1.807) is 38.4 Å². The molecule has 1 aliphatic heterocycles. The third kappa shape index (κ3) is 4.76. The Kier molecular flexibility index (Phi) is 6.72. The summed E-state index contributed by atoms with van der Waals surface area (Å²) >= 11 is 0. The van der Waals surface area contributed by atoms with Crippen molar-refractivity contribution in [3.05, 3.63) is 29.8 Å².